The number of aromatic nitrogens is 1. The van der Waals surface area contributed by atoms with Crippen LogP contribution in [0.15, 0.2) is 6.07 Å². The Hall–Kier alpha value is -1.66. The number of amides is 2. The molecule has 6 nitrogen and oxygen atoms in total. The summed E-state index contributed by atoms with van der Waals surface area (Å²) in [6, 6.07) is 1.79. The Labute approximate surface area is 125 Å². The number of urea groups is 1. The minimum atomic E-state index is -0.166. The Bertz CT molecular complexity index is 490. The quantitative estimate of drug-likeness (QED) is 0.924. The molecule has 0 radical (unpaired) electrons. The number of carbonyl (C=O) groups is 1. The van der Waals surface area contributed by atoms with E-state index in [2.05, 4.69) is 10.3 Å². The second-order valence-electron chi connectivity index (χ2n) is 5.42. The van der Waals surface area contributed by atoms with Crippen molar-refractivity contribution in [2.24, 2.45) is 0 Å². The van der Waals surface area contributed by atoms with Gasteiger partial charge < -0.3 is 19.7 Å². The van der Waals surface area contributed by atoms with Crippen LogP contribution < -0.4 is 5.32 Å². The molecule has 1 aliphatic rings. The van der Waals surface area contributed by atoms with Crippen LogP contribution in [0.4, 0.5) is 10.5 Å². The summed E-state index contributed by atoms with van der Waals surface area (Å²) in [5.74, 6) is 0. The Morgan fingerprint density at radius 2 is 2.19 bits per heavy atom. The normalized spacial score (nSPS) is 18.4. The molecule has 6 heteroatoms. The first-order chi connectivity index (χ1) is 9.97. The molecule has 1 fully saturated rings. The van der Waals surface area contributed by atoms with Gasteiger partial charge in [0.2, 0.25) is 0 Å². The van der Waals surface area contributed by atoms with Crippen molar-refractivity contribution in [3.63, 3.8) is 0 Å². The number of hydrogen-bond donors (Lipinski definition) is 1. The molecular formula is C15H23N3O3. The highest BCUT2D eigenvalue weighted by Crippen LogP contribution is 2.19. The zero-order valence-electron chi connectivity index (χ0n) is 13.1. The van der Waals surface area contributed by atoms with Gasteiger partial charge in [0.1, 0.15) is 0 Å². The fourth-order valence-electron chi connectivity index (χ4n) is 2.45. The number of likely N-dealkylation sites (N-methyl/N-ethyl adjacent to an activating group) is 1. The monoisotopic (exact) mass is 293 g/mol. The van der Waals surface area contributed by atoms with E-state index in [9.17, 15) is 4.79 Å². The highest BCUT2D eigenvalue weighted by atomic mass is 16.6. The predicted octanol–water partition coefficient (Wildman–Crippen LogP) is 1.89. The third kappa shape index (κ3) is 4.15. The second-order valence-corrected chi connectivity index (χ2v) is 5.42. The lowest BCUT2D eigenvalue weighted by Crippen LogP contribution is -2.42. The van der Waals surface area contributed by atoms with Crippen LogP contribution in [0.2, 0.25) is 0 Å². The molecule has 116 valence electrons. The van der Waals surface area contributed by atoms with Gasteiger partial charge in [-0.2, -0.15) is 0 Å². The van der Waals surface area contributed by atoms with Gasteiger partial charge in [-0.1, -0.05) is 0 Å². The Morgan fingerprint density at radius 3 is 2.81 bits per heavy atom. The maximum absolute atomic E-state index is 12.3. The first-order valence-corrected chi connectivity index (χ1v) is 7.13. The minimum Gasteiger partial charge on any atom is -0.376 e. The highest BCUT2D eigenvalue weighted by Gasteiger charge is 2.20. The summed E-state index contributed by atoms with van der Waals surface area (Å²) in [4.78, 5) is 18.3. The molecule has 1 aliphatic heterocycles. The lowest BCUT2D eigenvalue weighted by atomic mass is 10.1. The standard InChI is InChI=1S/C15H23N3O3/c1-10-7-11(2)16-12(3)14(10)17-15(19)18(4)8-13-9-20-5-6-21-13/h7,13H,5-6,8-9H2,1-4H3,(H,17,19)/t13-/m1/s1. The minimum absolute atomic E-state index is 0.0622. The summed E-state index contributed by atoms with van der Waals surface area (Å²) in [7, 11) is 1.75. The van der Waals surface area contributed by atoms with Gasteiger partial charge in [0.15, 0.2) is 0 Å². The van der Waals surface area contributed by atoms with Crippen molar-refractivity contribution in [3.8, 4) is 0 Å². The first-order valence-electron chi connectivity index (χ1n) is 7.13. The molecule has 0 aliphatic carbocycles. The largest absolute Gasteiger partial charge is 0.376 e. The van der Waals surface area contributed by atoms with E-state index in [4.69, 9.17) is 9.47 Å². The molecule has 2 rings (SSSR count). The van der Waals surface area contributed by atoms with E-state index in [-0.39, 0.29) is 12.1 Å². The lowest BCUT2D eigenvalue weighted by Gasteiger charge is -2.27. The third-order valence-electron chi connectivity index (χ3n) is 3.47. The van der Waals surface area contributed by atoms with Crippen LogP contribution in [0, 0.1) is 20.8 Å². The van der Waals surface area contributed by atoms with Crippen molar-refractivity contribution in [3.05, 3.63) is 23.0 Å². The molecule has 1 atom stereocenters. The number of hydrogen-bond acceptors (Lipinski definition) is 4. The zero-order chi connectivity index (χ0) is 15.4. The van der Waals surface area contributed by atoms with Crippen molar-refractivity contribution in [2.45, 2.75) is 26.9 Å². The average Bonchev–Trinajstić information content (AvgIpc) is 2.43. The smallest absolute Gasteiger partial charge is 0.321 e. The summed E-state index contributed by atoms with van der Waals surface area (Å²) in [6.45, 7) is 8.05. The van der Waals surface area contributed by atoms with Crippen LogP contribution in [-0.4, -0.2) is 55.4 Å². The summed E-state index contributed by atoms with van der Waals surface area (Å²) < 4.78 is 10.9. The highest BCUT2D eigenvalue weighted by molar-refractivity contribution is 5.90. The van der Waals surface area contributed by atoms with Crippen molar-refractivity contribution >= 4 is 11.7 Å². The number of carbonyl (C=O) groups excluding carboxylic acids is 1. The van der Waals surface area contributed by atoms with E-state index < -0.39 is 0 Å². The number of pyridine rings is 1. The molecule has 1 aromatic rings. The number of nitrogens with zero attached hydrogens (tertiary/aromatic N) is 2. The fourth-order valence-corrected chi connectivity index (χ4v) is 2.45. The van der Waals surface area contributed by atoms with Crippen LogP contribution >= 0.6 is 0 Å². The number of nitrogens with one attached hydrogen (secondary N) is 1. The van der Waals surface area contributed by atoms with Gasteiger partial charge in [-0.05, 0) is 32.4 Å². The average molecular weight is 293 g/mol. The van der Waals surface area contributed by atoms with Crippen molar-refractivity contribution in [1.82, 2.24) is 9.88 Å². The lowest BCUT2D eigenvalue weighted by molar-refractivity contribution is -0.0925. The van der Waals surface area contributed by atoms with Crippen LogP contribution in [0.5, 0.6) is 0 Å². The van der Waals surface area contributed by atoms with E-state index >= 15 is 0 Å². The second kappa shape index (κ2) is 6.87. The van der Waals surface area contributed by atoms with Gasteiger partial charge in [0.25, 0.3) is 0 Å². The number of anilines is 1. The van der Waals surface area contributed by atoms with Gasteiger partial charge in [0, 0.05) is 12.7 Å². The molecule has 1 N–H and O–H groups in total. The first kappa shape index (κ1) is 15.7. The fraction of sp³-hybridized carbons (Fsp3) is 0.600. The molecule has 0 bridgehead atoms. The molecule has 1 saturated heterocycles. The third-order valence-corrected chi connectivity index (χ3v) is 3.47. The topological polar surface area (TPSA) is 63.7 Å². The van der Waals surface area contributed by atoms with Gasteiger partial charge in [-0.3, -0.25) is 4.98 Å². The van der Waals surface area contributed by atoms with E-state index in [1.54, 1.807) is 11.9 Å². The van der Waals surface area contributed by atoms with Crippen LogP contribution in [0.1, 0.15) is 17.0 Å². The Kier molecular flexibility index (Phi) is 5.14. The summed E-state index contributed by atoms with van der Waals surface area (Å²) in [5, 5.41) is 2.92. The molecular weight excluding hydrogens is 270 g/mol. The summed E-state index contributed by atoms with van der Waals surface area (Å²) in [6.07, 6.45) is -0.0622. The van der Waals surface area contributed by atoms with Gasteiger partial charge >= 0.3 is 6.03 Å². The summed E-state index contributed by atoms with van der Waals surface area (Å²) in [5.41, 5.74) is 3.56. The van der Waals surface area contributed by atoms with Gasteiger partial charge in [-0.15, -0.1) is 0 Å². The van der Waals surface area contributed by atoms with Crippen LogP contribution in [0.25, 0.3) is 0 Å². The van der Waals surface area contributed by atoms with E-state index in [1.807, 2.05) is 26.8 Å². The molecule has 0 unspecified atom stereocenters. The molecule has 0 aromatic carbocycles. The van der Waals surface area contributed by atoms with Crippen LogP contribution in [0.3, 0.4) is 0 Å². The summed E-state index contributed by atoms with van der Waals surface area (Å²) >= 11 is 0. The van der Waals surface area contributed by atoms with Crippen molar-refractivity contribution < 1.29 is 14.3 Å². The van der Waals surface area contributed by atoms with E-state index in [0.29, 0.717) is 26.4 Å². The maximum atomic E-state index is 12.3. The van der Waals surface area contributed by atoms with Gasteiger partial charge in [-0.25, -0.2) is 4.79 Å². The Balaban J connectivity index is 1.97. The molecule has 1 aromatic heterocycles. The number of ether oxygens (including phenoxy) is 2. The SMILES string of the molecule is Cc1cc(C)c(NC(=O)N(C)C[C@@H]2COCCO2)c(C)n1. The number of aryl methyl sites for hydroxylation is 3. The molecule has 2 amide bonds. The molecule has 2 heterocycles. The van der Waals surface area contributed by atoms with Crippen molar-refractivity contribution in [2.75, 3.05) is 38.7 Å². The predicted molar refractivity (Wildman–Crippen MR) is 80.7 cm³/mol. The van der Waals surface area contributed by atoms with E-state index in [0.717, 1.165) is 22.6 Å². The van der Waals surface area contributed by atoms with Crippen LogP contribution in [-0.2, 0) is 9.47 Å². The molecule has 0 saturated carbocycles. The maximum Gasteiger partial charge on any atom is 0.321 e. The van der Waals surface area contributed by atoms with Crippen molar-refractivity contribution in [1.29, 1.82) is 0 Å². The van der Waals surface area contributed by atoms with Gasteiger partial charge in [0.05, 0.1) is 43.9 Å². The number of rotatable bonds is 3. The molecule has 21 heavy (non-hydrogen) atoms. The molecule has 0 spiro atoms. The zero-order valence-corrected chi connectivity index (χ0v) is 13.1. The van der Waals surface area contributed by atoms with E-state index in [1.165, 1.54) is 0 Å². The Morgan fingerprint density at radius 1 is 1.43 bits per heavy atom.